The Hall–Kier alpha value is -1.31. The molecule has 12 heavy (non-hydrogen) atoms. The van der Waals surface area contributed by atoms with E-state index in [4.69, 9.17) is 0 Å². The fourth-order valence-electron chi connectivity index (χ4n) is 1.34. The van der Waals surface area contributed by atoms with Gasteiger partial charge in [-0.25, -0.2) is 0 Å². The number of carboxylic acids is 1. The Morgan fingerprint density at radius 1 is 1.42 bits per heavy atom. The molecule has 0 N–H and O–H groups in total. The lowest BCUT2D eigenvalue weighted by molar-refractivity contribution is -0.255. The van der Waals surface area contributed by atoms with Gasteiger partial charge in [0.05, 0.1) is 5.97 Å². The molecule has 0 radical (unpaired) electrons. The van der Waals surface area contributed by atoms with E-state index >= 15 is 0 Å². The summed E-state index contributed by atoms with van der Waals surface area (Å²) in [5.74, 6) is -0.484. The predicted octanol–water partition coefficient (Wildman–Crippen LogP) is 0.927. The van der Waals surface area contributed by atoms with Crippen molar-refractivity contribution in [1.29, 1.82) is 0 Å². The van der Waals surface area contributed by atoms with Crippen LogP contribution in [-0.2, 0) is 0 Å². The van der Waals surface area contributed by atoms with Gasteiger partial charge in [-0.3, -0.25) is 0 Å². The lowest BCUT2D eigenvalue weighted by atomic mass is 10.1. The van der Waals surface area contributed by atoms with Crippen LogP contribution in [0.15, 0.2) is 24.3 Å². The van der Waals surface area contributed by atoms with E-state index in [-0.39, 0.29) is 0 Å². The van der Waals surface area contributed by atoms with E-state index in [1.165, 1.54) is 12.8 Å². The molecular weight excluding hydrogens is 152 g/mol. The first-order chi connectivity index (χ1) is 5.77. The molecule has 1 fully saturated rings. The van der Waals surface area contributed by atoms with Gasteiger partial charge in [0, 0.05) is 0 Å². The number of aromatic carboxylic acids is 1. The van der Waals surface area contributed by atoms with Gasteiger partial charge in [-0.2, -0.15) is 0 Å². The Balaban J connectivity index is 2.32. The van der Waals surface area contributed by atoms with Crippen LogP contribution >= 0.6 is 0 Å². The summed E-state index contributed by atoms with van der Waals surface area (Å²) in [6.45, 7) is 0. The number of carbonyl (C=O) groups is 1. The fraction of sp³-hybridized carbons (Fsp3) is 0.300. The minimum absolute atomic E-state index is 0.291. The molecular formula is C10H9O2-. The summed E-state index contributed by atoms with van der Waals surface area (Å²) in [5.41, 5.74) is 1.43. The van der Waals surface area contributed by atoms with Gasteiger partial charge < -0.3 is 9.90 Å². The molecule has 2 heteroatoms. The van der Waals surface area contributed by atoms with Crippen molar-refractivity contribution >= 4 is 5.97 Å². The average Bonchev–Trinajstić information content (AvgIpc) is 2.87. The average molecular weight is 161 g/mol. The van der Waals surface area contributed by atoms with Crippen LogP contribution in [0, 0.1) is 0 Å². The highest BCUT2D eigenvalue weighted by Crippen LogP contribution is 2.40. The molecule has 1 aromatic carbocycles. The fourth-order valence-corrected chi connectivity index (χ4v) is 1.34. The van der Waals surface area contributed by atoms with Crippen molar-refractivity contribution in [3.8, 4) is 0 Å². The second-order valence-electron chi connectivity index (χ2n) is 3.19. The van der Waals surface area contributed by atoms with Gasteiger partial charge in [0.15, 0.2) is 0 Å². The van der Waals surface area contributed by atoms with E-state index < -0.39 is 5.97 Å². The van der Waals surface area contributed by atoms with Crippen LogP contribution in [0.5, 0.6) is 0 Å². The molecule has 1 aromatic rings. The molecule has 0 saturated heterocycles. The number of rotatable bonds is 2. The largest absolute Gasteiger partial charge is 0.545 e. The third-order valence-electron chi connectivity index (χ3n) is 2.17. The van der Waals surface area contributed by atoms with Crippen molar-refractivity contribution in [1.82, 2.24) is 0 Å². The topological polar surface area (TPSA) is 40.1 Å². The molecule has 1 saturated carbocycles. The molecule has 0 aromatic heterocycles. The second-order valence-corrected chi connectivity index (χ2v) is 3.19. The molecule has 2 nitrogen and oxygen atoms in total. The highest BCUT2D eigenvalue weighted by Gasteiger charge is 2.23. The number of benzene rings is 1. The van der Waals surface area contributed by atoms with Crippen LogP contribution in [0.4, 0.5) is 0 Å². The Morgan fingerprint density at radius 2 is 2.17 bits per heavy atom. The van der Waals surface area contributed by atoms with Crippen LogP contribution in [0.3, 0.4) is 0 Å². The SMILES string of the molecule is O=C([O-])c1cccc(C2CC2)c1. The van der Waals surface area contributed by atoms with Crippen molar-refractivity contribution in [2.24, 2.45) is 0 Å². The van der Waals surface area contributed by atoms with Crippen LogP contribution < -0.4 is 5.11 Å². The van der Waals surface area contributed by atoms with Gasteiger partial charge in [0.1, 0.15) is 0 Å². The summed E-state index contributed by atoms with van der Waals surface area (Å²) in [6.07, 6.45) is 2.38. The molecule has 0 atom stereocenters. The predicted molar refractivity (Wildman–Crippen MR) is 42.7 cm³/mol. The van der Waals surface area contributed by atoms with Crippen molar-refractivity contribution < 1.29 is 9.90 Å². The van der Waals surface area contributed by atoms with Crippen LogP contribution in [0.25, 0.3) is 0 Å². The minimum Gasteiger partial charge on any atom is -0.545 e. The summed E-state index contributed by atoms with van der Waals surface area (Å²) in [6, 6.07) is 7.04. The zero-order valence-electron chi connectivity index (χ0n) is 6.62. The van der Waals surface area contributed by atoms with E-state index in [2.05, 4.69) is 0 Å². The first kappa shape index (κ1) is 7.35. The molecule has 0 heterocycles. The zero-order chi connectivity index (χ0) is 8.55. The lowest BCUT2D eigenvalue weighted by Gasteiger charge is -2.03. The zero-order valence-corrected chi connectivity index (χ0v) is 6.62. The Kier molecular flexibility index (Phi) is 1.61. The monoisotopic (exact) mass is 161 g/mol. The summed E-state index contributed by atoms with van der Waals surface area (Å²) >= 11 is 0. The first-order valence-corrected chi connectivity index (χ1v) is 4.08. The normalized spacial score (nSPS) is 16.0. The Morgan fingerprint density at radius 3 is 2.75 bits per heavy atom. The highest BCUT2D eigenvalue weighted by molar-refractivity contribution is 5.85. The molecule has 1 aliphatic rings. The molecule has 1 aliphatic carbocycles. The van der Waals surface area contributed by atoms with Gasteiger partial charge in [0.25, 0.3) is 0 Å². The Bertz CT molecular complexity index is 313. The Labute approximate surface area is 70.8 Å². The molecule has 0 bridgehead atoms. The van der Waals surface area contributed by atoms with Crippen molar-refractivity contribution in [2.75, 3.05) is 0 Å². The molecule has 2 rings (SSSR count). The van der Waals surface area contributed by atoms with Crippen LogP contribution in [0.2, 0.25) is 0 Å². The summed E-state index contributed by atoms with van der Waals surface area (Å²) in [4.78, 5) is 10.5. The van der Waals surface area contributed by atoms with E-state index in [9.17, 15) is 9.90 Å². The van der Waals surface area contributed by atoms with Gasteiger partial charge in [-0.15, -0.1) is 0 Å². The maximum atomic E-state index is 10.5. The van der Waals surface area contributed by atoms with E-state index in [1.807, 2.05) is 6.07 Å². The minimum atomic E-state index is -1.09. The molecule has 0 aliphatic heterocycles. The standard InChI is InChI=1S/C10H10O2/c11-10(12)9-3-1-2-8(6-9)7-4-5-7/h1-3,6-7H,4-5H2,(H,11,12)/p-1. The third kappa shape index (κ3) is 1.33. The number of carbonyl (C=O) groups excluding carboxylic acids is 1. The van der Waals surface area contributed by atoms with Gasteiger partial charge in [0.2, 0.25) is 0 Å². The van der Waals surface area contributed by atoms with Crippen LogP contribution in [0.1, 0.15) is 34.7 Å². The molecule has 0 unspecified atom stereocenters. The maximum absolute atomic E-state index is 10.5. The van der Waals surface area contributed by atoms with Crippen molar-refractivity contribution in [3.63, 3.8) is 0 Å². The van der Waals surface area contributed by atoms with E-state index in [1.54, 1.807) is 18.2 Å². The number of hydrogen-bond donors (Lipinski definition) is 0. The molecule has 0 amide bonds. The lowest BCUT2D eigenvalue weighted by Crippen LogP contribution is -2.22. The smallest absolute Gasteiger partial charge is 0.0715 e. The van der Waals surface area contributed by atoms with E-state index in [0.717, 1.165) is 5.56 Å². The van der Waals surface area contributed by atoms with Gasteiger partial charge in [-0.05, 0) is 36.0 Å². The summed E-state index contributed by atoms with van der Waals surface area (Å²) in [7, 11) is 0. The molecule has 62 valence electrons. The van der Waals surface area contributed by atoms with Crippen molar-refractivity contribution in [2.45, 2.75) is 18.8 Å². The third-order valence-corrected chi connectivity index (χ3v) is 2.17. The van der Waals surface area contributed by atoms with E-state index in [0.29, 0.717) is 11.5 Å². The maximum Gasteiger partial charge on any atom is 0.0715 e. The summed E-state index contributed by atoms with van der Waals surface area (Å²) in [5, 5.41) is 10.5. The quantitative estimate of drug-likeness (QED) is 0.647. The van der Waals surface area contributed by atoms with Gasteiger partial charge in [-0.1, -0.05) is 18.2 Å². The summed E-state index contributed by atoms with van der Waals surface area (Å²) < 4.78 is 0. The van der Waals surface area contributed by atoms with Crippen LogP contribution in [-0.4, -0.2) is 5.97 Å². The highest BCUT2D eigenvalue weighted by atomic mass is 16.4. The van der Waals surface area contributed by atoms with Gasteiger partial charge >= 0.3 is 0 Å². The second kappa shape index (κ2) is 2.63. The number of hydrogen-bond acceptors (Lipinski definition) is 2. The van der Waals surface area contributed by atoms with Crippen molar-refractivity contribution in [3.05, 3.63) is 35.4 Å². The first-order valence-electron chi connectivity index (χ1n) is 4.08. The molecule has 0 spiro atoms. The number of carboxylic acid groups (broad SMARTS) is 1.